The minimum atomic E-state index is -0.135. The minimum Gasteiger partial charge on any atom is -0.309 e. The highest BCUT2D eigenvalue weighted by atomic mass is 16.2. The van der Waals surface area contributed by atoms with Crippen LogP contribution in [-0.4, -0.2) is 34.5 Å². The Kier molecular flexibility index (Phi) is 4.27. The molecule has 0 saturated heterocycles. The first-order chi connectivity index (χ1) is 13.2. The Hall–Kier alpha value is -3.72. The van der Waals surface area contributed by atoms with Gasteiger partial charge in [-0.05, 0) is 43.2 Å². The van der Waals surface area contributed by atoms with Crippen molar-refractivity contribution in [3.05, 3.63) is 71.8 Å². The molecule has 0 bridgehead atoms. The van der Waals surface area contributed by atoms with Gasteiger partial charge in [0.15, 0.2) is 5.82 Å². The number of nitrogens with zero attached hydrogens (tertiary/aromatic N) is 5. The van der Waals surface area contributed by atoms with Gasteiger partial charge < -0.3 is 9.80 Å². The minimum absolute atomic E-state index is 0.135. The van der Waals surface area contributed by atoms with Crippen LogP contribution in [0.5, 0.6) is 0 Å². The molecule has 1 aliphatic heterocycles. The summed E-state index contributed by atoms with van der Waals surface area (Å²) in [5.74, 6) is 7.22. The molecule has 0 saturated carbocycles. The predicted molar refractivity (Wildman–Crippen MR) is 104 cm³/mol. The van der Waals surface area contributed by atoms with Gasteiger partial charge in [-0.2, -0.15) is 0 Å². The van der Waals surface area contributed by atoms with Crippen LogP contribution in [0.2, 0.25) is 0 Å². The molecule has 4 heterocycles. The first-order valence-electron chi connectivity index (χ1n) is 8.62. The molecule has 1 aliphatic rings. The lowest BCUT2D eigenvalue weighted by Crippen LogP contribution is -2.25. The van der Waals surface area contributed by atoms with Gasteiger partial charge in [0.1, 0.15) is 11.5 Å². The van der Waals surface area contributed by atoms with Crippen LogP contribution in [0.15, 0.2) is 55.0 Å². The molecule has 3 aromatic heterocycles. The molecular formula is C21H17N5O. The van der Waals surface area contributed by atoms with Gasteiger partial charge in [-0.25, -0.2) is 15.0 Å². The van der Waals surface area contributed by atoms with E-state index in [0.717, 1.165) is 11.5 Å². The molecule has 0 fully saturated rings. The second-order valence-electron chi connectivity index (χ2n) is 6.01. The summed E-state index contributed by atoms with van der Waals surface area (Å²) in [6.07, 6.45) is 5.09. The zero-order valence-electron chi connectivity index (χ0n) is 15.0. The molecule has 1 amide bonds. The first-order valence-corrected chi connectivity index (χ1v) is 8.62. The Balaban J connectivity index is 1.82. The lowest BCUT2D eigenvalue weighted by Gasteiger charge is -2.22. The summed E-state index contributed by atoms with van der Waals surface area (Å²) < 4.78 is 0. The van der Waals surface area contributed by atoms with Crippen LogP contribution in [0, 0.1) is 11.8 Å². The van der Waals surface area contributed by atoms with Crippen LogP contribution in [0.25, 0.3) is 0 Å². The summed E-state index contributed by atoms with van der Waals surface area (Å²) in [6, 6.07) is 11.1. The number of carbonyl (C=O) groups excluding carboxylic acids is 1. The van der Waals surface area contributed by atoms with Crippen molar-refractivity contribution < 1.29 is 4.79 Å². The number of hydrogen-bond acceptors (Lipinski definition) is 5. The van der Waals surface area contributed by atoms with E-state index in [2.05, 4.69) is 26.8 Å². The molecule has 0 unspecified atom stereocenters. The van der Waals surface area contributed by atoms with Gasteiger partial charge in [-0.15, -0.1) is 0 Å². The second-order valence-corrected chi connectivity index (χ2v) is 6.01. The molecule has 3 aromatic rings. The predicted octanol–water partition coefficient (Wildman–Crippen LogP) is 3.02. The van der Waals surface area contributed by atoms with Crippen molar-refractivity contribution in [2.75, 3.05) is 23.4 Å². The largest absolute Gasteiger partial charge is 0.309 e. The maximum atomic E-state index is 13.1. The van der Waals surface area contributed by atoms with E-state index in [1.165, 1.54) is 0 Å². The van der Waals surface area contributed by atoms with Crippen LogP contribution in [0.4, 0.5) is 17.3 Å². The highest BCUT2D eigenvalue weighted by molar-refractivity contribution is 6.12. The van der Waals surface area contributed by atoms with E-state index in [9.17, 15) is 4.79 Å². The molecule has 132 valence electrons. The molecular weight excluding hydrogens is 338 g/mol. The third-order valence-electron chi connectivity index (χ3n) is 4.36. The molecule has 0 N–H and O–H groups in total. The van der Waals surface area contributed by atoms with Gasteiger partial charge in [0.2, 0.25) is 0 Å². The van der Waals surface area contributed by atoms with Crippen molar-refractivity contribution in [3.63, 3.8) is 0 Å². The van der Waals surface area contributed by atoms with Gasteiger partial charge in [0, 0.05) is 37.7 Å². The molecule has 27 heavy (non-hydrogen) atoms. The fourth-order valence-electron chi connectivity index (χ4n) is 3.02. The summed E-state index contributed by atoms with van der Waals surface area (Å²) in [5.41, 5.74) is 2.59. The quantitative estimate of drug-likeness (QED) is 0.628. The van der Waals surface area contributed by atoms with Crippen molar-refractivity contribution in [1.29, 1.82) is 0 Å². The zero-order valence-corrected chi connectivity index (χ0v) is 15.0. The van der Waals surface area contributed by atoms with Crippen LogP contribution in [0.1, 0.15) is 28.5 Å². The van der Waals surface area contributed by atoms with E-state index < -0.39 is 0 Å². The van der Waals surface area contributed by atoms with Crippen LogP contribution in [-0.2, 0) is 0 Å². The fraction of sp³-hybridized carbons (Fsp3) is 0.143. The van der Waals surface area contributed by atoms with Gasteiger partial charge in [-0.3, -0.25) is 4.79 Å². The summed E-state index contributed by atoms with van der Waals surface area (Å²) in [6.45, 7) is 2.65. The van der Waals surface area contributed by atoms with Crippen molar-refractivity contribution in [2.45, 2.75) is 6.92 Å². The van der Waals surface area contributed by atoms with Gasteiger partial charge in [0.25, 0.3) is 5.91 Å². The highest BCUT2D eigenvalue weighted by Crippen LogP contribution is 2.37. The molecule has 0 spiro atoms. The van der Waals surface area contributed by atoms with E-state index in [-0.39, 0.29) is 5.91 Å². The number of pyridine rings is 3. The average Bonchev–Trinajstić information content (AvgIpc) is 2.81. The molecule has 0 aromatic carbocycles. The van der Waals surface area contributed by atoms with E-state index in [1.807, 2.05) is 42.2 Å². The molecule has 6 nitrogen and oxygen atoms in total. The maximum Gasteiger partial charge on any atom is 0.261 e. The van der Waals surface area contributed by atoms with E-state index in [4.69, 9.17) is 0 Å². The number of carbonyl (C=O) groups is 1. The third-order valence-corrected chi connectivity index (χ3v) is 4.36. The summed E-state index contributed by atoms with van der Waals surface area (Å²) >= 11 is 0. The highest BCUT2D eigenvalue weighted by Gasteiger charge is 2.30. The number of anilines is 3. The maximum absolute atomic E-state index is 13.1. The Bertz CT molecular complexity index is 1070. The SMILES string of the molecule is CCN1c2ncc(C#Cc3ccccn3)cc2C(=O)N(C)c2cccnc21. The Labute approximate surface area is 157 Å². The van der Waals surface area contributed by atoms with E-state index in [1.54, 1.807) is 36.6 Å². The molecule has 0 atom stereocenters. The van der Waals surface area contributed by atoms with Gasteiger partial charge in [-0.1, -0.05) is 12.0 Å². The van der Waals surface area contributed by atoms with Gasteiger partial charge in [0.05, 0.1) is 11.3 Å². The van der Waals surface area contributed by atoms with Crippen molar-refractivity contribution in [1.82, 2.24) is 15.0 Å². The lowest BCUT2D eigenvalue weighted by molar-refractivity contribution is 0.0994. The Morgan fingerprint density at radius 3 is 2.63 bits per heavy atom. The topological polar surface area (TPSA) is 62.2 Å². The lowest BCUT2D eigenvalue weighted by atomic mass is 10.1. The Morgan fingerprint density at radius 1 is 1.00 bits per heavy atom. The number of rotatable bonds is 1. The number of fused-ring (bicyclic) bond motifs is 2. The third kappa shape index (κ3) is 3.00. The number of aromatic nitrogens is 3. The summed E-state index contributed by atoms with van der Waals surface area (Å²) in [5, 5.41) is 0. The molecule has 0 radical (unpaired) electrons. The van der Waals surface area contributed by atoms with Crippen LogP contribution < -0.4 is 9.80 Å². The fourth-order valence-corrected chi connectivity index (χ4v) is 3.02. The molecule has 0 aliphatic carbocycles. The normalized spacial score (nSPS) is 12.6. The smallest absolute Gasteiger partial charge is 0.261 e. The summed E-state index contributed by atoms with van der Waals surface area (Å²) in [7, 11) is 1.75. The van der Waals surface area contributed by atoms with Gasteiger partial charge >= 0.3 is 0 Å². The first kappa shape index (κ1) is 16.7. The van der Waals surface area contributed by atoms with E-state index in [0.29, 0.717) is 29.2 Å². The van der Waals surface area contributed by atoms with Crippen molar-refractivity contribution in [3.8, 4) is 11.8 Å². The van der Waals surface area contributed by atoms with Crippen LogP contribution in [0.3, 0.4) is 0 Å². The van der Waals surface area contributed by atoms with Crippen molar-refractivity contribution >= 4 is 23.2 Å². The standard InChI is InChI=1S/C21H17N5O/c1-3-26-19-17(21(27)25(2)18-8-6-12-23-20(18)26)13-15(14-24-19)9-10-16-7-4-5-11-22-16/h4-8,11-14H,3H2,1-2H3. The molecule has 6 heteroatoms. The number of amides is 1. The van der Waals surface area contributed by atoms with Crippen LogP contribution >= 0.6 is 0 Å². The van der Waals surface area contributed by atoms with E-state index >= 15 is 0 Å². The van der Waals surface area contributed by atoms with Crippen molar-refractivity contribution in [2.24, 2.45) is 0 Å². The molecule has 4 rings (SSSR count). The second kappa shape index (κ2) is 6.89. The monoisotopic (exact) mass is 355 g/mol. The zero-order chi connectivity index (χ0) is 18.8. The number of hydrogen-bond donors (Lipinski definition) is 0. The summed E-state index contributed by atoms with van der Waals surface area (Å²) in [4.78, 5) is 29.8. The Morgan fingerprint density at radius 2 is 1.85 bits per heavy atom. The average molecular weight is 355 g/mol.